The number of aromatic nitrogens is 1. The molecule has 0 radical (unpaired) electrons. The van der Waals surface area contributed by atoms with Crippen molar-refractivity contribution in [3.05, 3.63) is 59.1 Å². The third-order valence-corrected chi connectivity index (χ3v) is 9.17. The molecule has 2 aliphatic heterocycles. The average molecular weight is 458 g/mol. The van der Waals surface area contributed by atoms with Crippen molar-refractivity contribution in [1.82, 2.24) is 14.2 Å². The predicted octanol–water partition coefficient (Wildman–Crippen LogP) is 3.70. The van der Waals surface area contributed by atoms with Gasteiger partial charge in [-0.3, -0.25) is 4.90 Å². The van der Waals surface area contributed by atoms with Crippen molar-refractivity contribution < 1.29 is 13.2 Å². The first-order chi connectivity index (χ1) is 15.1. The fourth-order valence-corrected chi connectivity index (χ4v) is 7.04. The van der Waals surface area contributed by atoms with Gasteiger partial charge in [0.1, 0.15) is 0 Å². The minimum absolute atomic E-state index is 0.381. The lowest BCUT2D eigenvalue weighted by atomic mass is 9.98. The number of hydrogen-bond donors (Lipinski definition) is 0. The molecule has 3 heterocycles. The zero-order valence-corrected chi connectivity index (χ0v) is 19.1. The van der Waals surface area contributed by atoms with Crippen LogP contribution >= 0.6 is 11.3 Å². The Morgan fingerprint density at radius 2 is 1.90 bits per heavy atom. The van der Waals surface area contributed by atoms with E-state index in [0.717, 1.165) is 43.6 Å². The summed E-state index contributed by atoms with van der Waals surface area (Å²) >= 11 is 1.80. The van der Waals surface area contributed by atoms with Crippen molar-refractivity contribution in [3.63, 3.8) is 0 Å². The highest BCUT2D eigenvalue weighted by molar-refractivity contribution is 7.89. The monoisotopic (exact) mass is 457 g/mol. The van der Waals surface area contributed by atoms with Crippen LogP contribution in [0.25, 0.3) is 10.2 Å². The van der Waals surface area contributed by atoms with Crippen LogP contribution < -0.4 is 0 Å². The molecule has 2 saturated heterocycles. The van der Waals surface area contributed by atoms with Gasteiger partial charge in [-0.2, -0.15) is 4.31 Å². The van der Waals surface area contributed by atoms with Crippen LogP contribution in [0.1, 0.15) is 29.3 Å². The molecule has 3 aromatic rings. The number of sulfonamides is 1. The average Bonchev–Trinajstić information content (AvgIpc) is 3.25. The van der Waals surface area contributed by atoms with Crippen molar-refractivity contribution in [2.24, 2.45) is 0 Å². The van der Waals surface area contributed by atoms with Crippen molar-refractivity contribution in [1.29, 1.82) is 0 Å². The molecule has 31 heavy (non-hydrogen) atoms. The van der Waals surface area contributed by atoms with Crippen molar-refractivity contribution in [3.8, 4) is 0 Å². The van der Waals surface area contributed by atoms with E-state index in [1.807, 2.05) is 24.3 Å². The van der Waals surface area contributed by atoms with E-state index in [-0.39, 0.29) is 0 Å². The second-order valence-corrected chi connectivity index (χ2v) is 11.3. The number of rotatable bonds is 5. The number of ether oxygens (including phenoxy) is 1. The number of fused-ring (bicyclic) bond motifs is 1. The summed E-state index contributed by atoms with van der Waals surface area (Å²) in [6.45, 7) is 4.50. The first kappa shape index (κ1) is 21.0. The Morgan fingerprint density at radius 3 is 2.74 bits per heavy atom. The molecule has 2 aliphatic rings. The fraction of sp³-hybridized carbons (Fsp3) is 0.435. The third-order valence-electron chi connectivity index (χ3n) is 6.08. The molecule has 0 amide bonds. The number of morpholine rings is 1. The summed E-state index contributed by atoms with van der Waals surface area (Å²) in [5.41, 5.74) is 2.12. The summed E-state index contributed by atoms with van der Waals surface area (Å²) in [6.07, 6.45) is 2.29. The van der Waals surface area contributed by atoms with Gasteiger partial charge in [0.05, 0.1) is 33.3 Å². The van der Waals surface area contributed by atoms with Gasteiger partial charge < -0.3 is 4.74 Å². The number of nitrogens with zero attached hydrogens (tertiary/aromatic N) is 3. The second-order valence-electron chi connectivity index (χ2n) is 8.26. The van der Waals surface area contributed by atoms with E-state index in [2.05, 4.69) is 23.1 Å². The minimum atomic E-state index is -3.47. The van der Waals surface area contributed by atoms with Gasteiger partial charge >= 0.3 is 0 Å². The normalized spacial score (nSPS) is 21.5. The Kier molecular flexibility index (Phi) is 6.08. The Bertz CT molecular complexity index is 1120. The Balaban J connectivity index is 1.30. The number of para-hydroxylation sites is 1. The third kappa shape index (κ3) is 4.54. The van der Waals surface area contributed by atoms with Crippen LogP contribution in [0.15, 0.2) is 53.4 Å². The Morgan fingerprint density at radius 1 is 1.06 bits per heavy atom. The lowest BCUT2D eigenvalue weighted by Gasteiger charge is -2.32. The lowest BCUT2D eigenvalue weighted by molar-refractivity contribution is 0.0730. The summed E-state index contributed by atoms with van der Waals surface area (Å²) in [7, 11) is -3.47. The molecule has 0 unspecified atom stereocenters. The Hall–Kier alpha value is -1.84. The van der Waals surface area contributed by atoms with Crippen molar-refractivity contribution in [2.45, 2.75) is 30.2 Å². The van der Waals surface area contributed by atoms with Gasteiger partial charge in [0.15, 0.2) is 0 Å². The van der Waals surface area contributed by atoms with E-state index in [1.54, 1.807) is 17.4 Å². The maximum atomic E-state index is 13.0. The summed E-state index contributed by atoms with van der Waals surface area (Å²) in [4.78, 5) is 7.69. The summed E-state index contributed by atoms with van der Waals surface area (Å²) in [5, 5.41) is 1.22. The molecule has 5 rings (SSSR count). The molecule has 2 aromatic carbocycles. The summed E-state index contributed by atoms with van der Waals surface area (Å²) < 4.78 is 34.1. The second kappa shape index (κ2) is 8.96. The molecule has 0 N–H and O–H groups in total. The highest BCUT2D eigenvalue weighted by Gasteiger charge is 2.27. The van der Waals surface area contributed by atoms with E-state index in [4.69, 9.17) is 9.72 Å². The molecule has 0 spiro atoms. The van der Waals surface area contributed by atoms with Crippen LogP contribution in [0.4, 0.5) is 0 Å². The zero-order valence-electron chi connectivity index (χ0n) is 17.4. The number of benzene rings is 2. The molecule has 164 valence electrons. The number of hydrogen-bond acceptors (Lipinski definition) is 6. The summed E-state index contributed by atoms with van der Waals surface area (Å²) in [5.74, 6) is 0.436. The smallest absolute Gasteiger partial charge is 0.243 e. The van der Waals surface area contributed by atoms with Gasteiger partial charge in [-0.05, 0) is 49.2 Å². The molecule has 1 atom stereocenters. The lowest BCUT2D eigenvalue weighted by Crippen LogP contribution is -2.40. The highest BCUT2D eigenvalue weighted by Crippen LogP contribution is 2.33. The van der Waals surface area contributed by atoms with Gasteiger partial charge in [0.25, 0.3) is 0 Å². The van der Waals surface area contributed by atoms with Crippen molar-refractivity contribution in [2.75, 3.05) is 39.4 Å². The first-order valence-corrected chi connectivity index (χ1v) is 13.1. The molecule has 0 bridgehead atoms. The molecule has 0 saturated carbocycles. The van der Waals surface area contributed by atoms with E-state index in [0.29, 0.717) is 37.1 Å². The number of piperidine rings is 1. The van der Waals surface area contributed by atoms with Crippen LogP contribution in [-0.4, -0.2) is 62.0 Å². The van der Waals surface area contributed by atoms with Gasteiger partial charge in [0, 0.05) is 32.1 Å². The van der Waals surface area contributed by atoms with Crippen LogP contribution in [0.2, 0.25) is 0 Å². The van der Waals surface area contributed by atoms with Crippen LogP contribution in [0, 0.1) is 0 Å². The molecule has 8 heteroatoms. The predicted molar refractivity (Wildman–Crippen MR) is 123 cm³/mol. The molecular weight excluding hydrogens is 430 g/mol. The van der Waals surface area contributed by atoms with E-state index < -0.39 is 10.0 Å². The van der Waals surface area contributed by atoms with E-state index >= 15 is 0 Å². The minimum Gasteiger partial charge on any atom is -0.379 e. The van der Waals surface area contributed by atoms with Gasteiger partial charge in [-0.25, -0.2) is 13.4 Å². The first-order valence-electron chi connectivity index (χ1n) is 10.8. The Labute approximate surface area is 187 Å². The van der Waals surface area contributed by atoms with Crippen LogP contribution in [-0.2, 0) is 21.3 Å². The highest BCUT2D eigenvalue weighted by atomic mass is 32.2. The van der Waals surface area contributed by atoms with Gasteiger partial charge in [0.2, 0.25) is 10.0 Å². The van der Waals surface area contributed by atoms with E-state index in [9.17, 15) is 8.42 Å². The number of likely N-dealkylation sites (tertiary alicyclic amines) is 1. The fourth-order valence-electron chi connectivity index (χ4n) is 4.46. The SMILES string of the molecule is O=S(=O)(c1cccc(CN2CCC[C@@H](c3nc4ccccc4s3)C2)c1)N1CCOCC1. The van der Waals surface area contributed by atoms with Gasteiger partial charge in [-0.1, -0.05) is 24.3 Å². The zero-order chi connectivity index (χ0) is 21.3. The van der Waals surface area contributed by atoms with E-state index in [1.165, 1.54) is 14.0 Å². The molecule has 0 aliphatic carbocycles. The maximum Gasteiger partial charge on any atom is 0.243 e. The maximum absolute atomic E-state index is 13.0. The van der Waals surface area contributed by atoms with Crippen LogP contribution in [0.3, 0.4) is 0 Å². The quantitative estimate of drug-likeness (QED) is 0.585. The van der Waals surface area contributed by atoms with Gasteiger partial charge in [-0.15, -0.1) is 11.3 Å². The molecule has 1 aromatic heterocycles. The van der Waals surface area contributed by atoms with Crippen LogP contribution in [0.5, 0.6) is 0 Å². The molecule has 6 nitrogen and oxygen atoms in total. The number of thiazole rings is 1. The standard InChI is InChI=1S/C23H27N3O3S2/c27-31(28,26-11-13-29-14-12-26)20-7-3-5-18(15-20)16-25-10-4-6-19(17-25)23-24-21-8-1-2-9-22(21)30-23/h1-3,5,7-9,15,19H,4,6,10-14,16-17H2/t19-/m1/s1. The molecule has 2 fully saturated rings. The summed E-state index contributed by atoms with van der Waals surface area (Å²) in [6, 6.07) is 15.7. The molecular formula is C23H27N3O3S2. The van der Waals surface area contributed by atoms with Crippen molar-refractivity contribution >= 4 is 31.6 Å². The largest absolute Gasteiger partial charge is 0.379 e. The topological polar surface area (TPSA) is 62.7 Å².